The number of ketones is 8. The van der Waals surface area contributed by atoms with E-state index in [2.05, 4.69) is 116 Å². The van der Waals surface area contributed by atoms with Gasteiger partial charge in [0, 0.05) is 79.9 Å². The van der Waals surface area contributed by atoms with Crippen molar-refractivity contribution in [2.45, 2.75) is 189 Å². The van der Waals surface area contributed by atoms with Gasteiger partial charge in [-0.3, -0.25) is 38.4 Å². The molecule has 8 aliphatic carbocycles. The minimum Gasteiger partial charge on any atom is -0.507 e. The third-order valence-corrected chi connectivity index (χ3v) is 30.4. The van der Waals surface area contributed by atoms with Gasteiger partial charge in [0.15, 0.2) is 93.1 Å². The number of carbonyl (C=O) groups is 8. The van der Waals surface area contributed by atoms with E-state index in [0.717, 1.165) is 11.1 Å². The maximum Gasteiger partial charge on any atom is 0.198 e. The average Bonchev–Trinajstić information content (AvgIpc) is 1.49. The molecule has 16 aliphatic rings. The van der Waals surface area contributed by atoms with Gasteiger partial charge in [-0.05, 0) is 162 Å². The van der Waals surface area contributed by atoms with Gasteiger partial charge in [-0.2, -0.15) is 0 Å². The summed E-state index contributed by atoms with van der Waals surface area (Å²) < 4.78 is 25.6. The van der Waals surface area contributed by atoms with E-state index >= 15 is 0 Å². The topological polar surface area (TPSA) is 449 Å². The summed E-state index contributed by atoms with van der Waals surface area (Å²) in [6, 6.07) is 23.5. The van der Waals surface area contributed by atoms with Crippen LogP contribution < -0.4 is 32.7 Å². The second kappa shape index (κ2) is 32.1. The molecule has 8 aliphatic heterocycles. The number of allylic oxidation sites excluding steroid dienone is 8. The molecular weight excluding hydrogens is 1770 g/mol. The molecule has 16 atom stereocenters. The molecule has 26 heteroatoms. The average molecular weight is 1860 g/mol. The summed E-state index contributed by atoms with van der Waals surface area (Å²) >= 11 is 0. The van der Waals surface area contributed by atoms with Crippen LogP contribution in [-0.4, -0.2) is 158 Å². The van der Waals surface area contributed by atoms with Crippen LogP contribution in [0.2, 0.25) is 0 Å². The number of rotatable bonds is 8. The molecule has 140 heavy (non-hydrogen) atoms. The molecule has 4 saturated heterocycles. The van der Waals surface area contributed by atoms with Gasteiger partial charge in [0.05, 0.1) is 67.3 Å². The molecule has 696 valence electrons. The van der Waals surface area contributed by atoms with E-state index in [1.165, 1.54) is 24.3 Å². The number of nitrogens with one attached hydrogen (secondary N) is 4. The highest BCUT2D eigenvalue weighted by atomic mass is 16.7. The number of carbonyl (C=O) groups excluding carboxylic acids is 8. The van der Waals surface area contributed by atoms with Gasteiger partial charge in [-0.1, -0.05) is 206 Å². The summed E-state index contributed by atoms with van der Waals surface area (Å²) in [7, 11) is 0. The number of hydrogen-bond acceptors (Lipinski definition) is 26. The number of epoxide rings is 4. The number of aryl methyl sites for hydroxylation is 2. The number of aliphatic hydroxyl groups is 4. The Balaban J connectivity index is 0.000000111. The lowest BCUT2D eigenvalue weighted by Crippen LogP contribution is -2.52. The smallest absolute Gasteiger partial charge is 0.198 e. The molecule has 8 aromatic carbocycles. The highest BCUT2D eigenvalue weighted by Crippen LogP contribution is 2.74. The highest BCUT2D eigenvalue weighted by Gasteiger charge is 2.85. The Hall–Kier alpha value is -15.4. The number of phenolic OH excluding ortho intramolecular Hbond substituents is 4. The molecule has 0 radical (unpaired) electrons. The Kier molecular flexibility index (Phi) is 20.8. The fraction of sp³-hybridized carbons (Fsp3) is 0.298. The van der Waals surface area contributed by atoms with Crippen molar-refractivity contribution in [3.63, 3.8) is 0 Å². The van der Waals surface area contributed by atoms with E-state index in [1.54, 1.807) is 109 Å². The standard InChI is InChI=1S/2C29H23NO5.2C28H22N2O5/c1-4-16-10-9-11-17-22(16)27(34)23-19(31)14-18-25(24(23)26(17)33)30-20-12-7-5-6-8-13-21(32)29(18)28(20,35-29)15(2)3;1-4-16-11-12-17-18(13-16)27(34)23-20(31)14-19-25(24(23)26(17)33)30-21-9-7-5-6-8-10-22(32)29(19)28(21,35-29)15(2)3;1-14(2)27-20-7-5-3-4-6-8-21(32)28(27,35-27)18-12-19(31)22-23(24(18)30-20)25(33)16-10-9-15(13-29)11-17(16)26(22)34;1-14(2)27-20-7-5-3-4-6-8-21(32)28(27,35-27)18-12-19(31)22-23(24(18)30-20)26(34)17-11-15(13-29)9-10-16(17)25(22)33/h5-6,9-11,14-15,20-21,30-32H,4H2,1-3H3;5-6,11-15,21-22,30-32H,4H2,1-3H3;2*3-4,9-12,14,20-21,30-32H,13,29H2,1-2H3/b2*6-5-;2*4-3-/t20-,21-,28-,29-;21-,22-,28-,29-;2*20-,21+,27-,28-/m0000/s1. The molecule has 24 rings (SSSR count). The molecule has 0 aromatic heterocycles. The molecular formula is C114H90N6O20. The van der Waals surface area contributed by atoms with E-state index in [9.17, 15) is 79.2 Å². The van der Waals surface area contributed by atoms with Crippen LogP contribution in [0.3, 0.4) is 0 Å². The third-order valence-electron chi connectivity index (χ3n) is 30.4. The van der Waals surface area contributed by atoms with Crippen molar-refractivity contribution in [3.8, 4) is 118 Å². The number of aromatic hydroxyl groups is 4. The number of benzene rings is 8. The summed E-state index contributed by atoms with van der Waals surface area (Å²) in [4.78, 5) is 109. The van der Waals surface area contributed by atoms with Gasteiger partial charge in [0.25, 0.3) is 0 Å². The van der Waals surface area contributed by atoms with Crippen molar-refractivity contribution in [2.75, 3.05) is 21.3 Å². The van der Waals surface area contributed by atoms with Crippen LogP contribution in [-0.2, 0) is 67.3 Å². The van der Waals surface area contributed by atoms with Gasteiger partial charge in [-0.15, -0.1) is 0 Å². The molecule has 0 spiro atoms. The van der Waals surface area contributed by atoms with E-state index in [4.69, 9.17) is 30.4 Å². The molecule has 0 amide bonds. The number of fused-ring (bicyclic) bond motifs is 16. The Bertz CT molecular complexity index is 7540. The van der Waals surface area contributed by atoms with Crippen molar-refractivity contribution in [2.24, 2.45) is 35.1 Å². The zero-order valence-corrected chi connectivity index (χ0v) is 77.2. The molecule has 8 heterocycles. The van der Waals surface area contributed by atoms with Crippen LogP contribution in [0.1, 0.15) is 241 Å². The molecule has 4 fully saturated rings. The maximum atomic E-state index is 13.9. The largest absolute Gasteiger partial charge is 0.507 e. The molecule has 8 bridgehead atoms. The van der Waals surface area contributed by atoms with E-state index in [1.807, 2.05) is 81.4 Å². The molecule has 8 aromatic rings. The first-order valence-corrected chi connectivity index (χ1v) is 46.3. The van der Waals surface area contributed by atoms with Crippen molar-refractivity contribution < 1.29 is 98.2 Å². The molecule has 0 unspecified atom stereocenters. The van der Waals surface area contributed by atoms with Gasteiger partial charge in [0.2, 0.25) is 0 Å². The Morgan fingerprint density at radius 2 is 0.550 bits per heavy atom. The van der Waals surface area contributed by atoms with Crippen LogP contribution in [0.5, 0.6) is 23.0 Å². The van der Waals surface area contributed by atoms with E-state index < -0.39 is 128 Å². The first-order chi connectivity index (χ1) is 67.1. The summed E-state index contributed by atoms with van der Waals surface area (Å²) in [5, 5.41) is 103. The predicted molar refractivity (Wildman–Crippen MR) is 514 cm³/mol. The van der Waals surface area contributed by atoms with E-state index in [-0.39, 0.29) is 149 Å². The number of nitrogens with two attached hydrogens (primary N) is 2. The number of ether oxygens (including phenoxy) is 4. The Morgan fingerprint density at radius 3 is 0.829 bits per heavy atom. The van der Waals surface area contributed by atoms with Gasteiger partial charge < -0.3 is 92.5 Å². The van der Waals surface area contributed by atoms with Crippen molar-refractivity contribution >= 4 is 69.0 Å². The third kappa shape index (κ3) is 11.9. The Labute approximate surface area is 804 Å². The fourth-order valence-corrected chi connectivity index (χ4v) is 23.8. The summed E-state index contributed by atoms with van der Waals surface area (Å²) in [5.41, 5.74) is 10.4. The van der Waals surface area contributed by atoms with E-state index in [0.29, 0.717) is 80.1 Å². The number of aliphatic hydroxyl groups excluding tert-OH is 4. The molecule has 0 saturated carbocycles. The summed E-state index contributed by atoms with van der Waals surface area (Å²) in [6.07, 6.45) is 8.86. The number of anilines is 4. The summed E-state index contributed by atoms with van der Waals surface area (Å²) in [5.74, 6) is 41.9. The molecule has 26 nitrogen and oxygen atoms in total. The first kappa shape index (κ1) is 91.0. The minimum absolute atomic E-state index is 0.0400. The highest BCUT2D eigenvalue weighted by molar-refractivity contribution is 6.35. The molecule has 16 N–H and O–H groups in total. The normalized spacial score (nSPS) is 29.7. The van der Waals surface area contributed by atoms with Crippen molar-refractivity contribution in [1.29, 1.82) is 0 Å². The quantitative estimate of drug-likeness (QED) is 0.0382. The van der Waals surface area contributed by atoms with Crippen molar-refractivity contribution in [1.82, 2.24) is 0 Å². The van der Waals surface area contributed by atoms with Gasteiger partial charge in [-0.25, -0.2) is 0 Å². The zero-order chi connectivity index (χ0) is 98.8. The predicted octanol–water partition coefficient (Wildman–Crippen LogP) is 10.1. The van der Waals surface area contributed by atoms with Gasteiger partial charge in [0.1, 0.15) is 69.6 Å². The fourth-order valence-electron chi connectivity index (χ4n) is 23.8. The minimum atomic E-state index is -1.34. The lowest BCUT2D eigenvalue weighted by atomic mass is 9.67. The zero-order valence-electron chi connectivity index (χ0n) is 77.2. The monoisotopic (exact) mass is 1860 g/mol. The first-order valence-electron chi connectivity index (χ1n) is 46.3. The van der Waals surface area contributed by atoms with Crippen LogP contribution >= 0.6 is 0 Å². The van der Waals surface area contributed by atoms with Gasteiger partial charge >= 0.3 is 0 Å². The maximum absolute atomic E-state index is 13.9. The second-order valence-corrected chi connectivity index (χ2v) is 38.2. The Morgan fingerprint density at radius 1 is 0.300 bits per heavy atom. The summed E-state index contributed by atoms with van der Waals surface area (Å²) in [6.45, 7) is 20.0. The number of hydrogen-bond donors (Lipinski definition) is 14. The van der Waals surface area contributed by atoms with Crippen LogP contribution in [0.25, 0.3) is 0 Å². The number of phenols is 4. The van der Waals surface area contributed by atoms with Crippen LogP contribution in [0.15, 0.2) is 146 Å². The van der Waals surface area contributed by atoms with Crippen LogP contribution in [0.4, 0.5) is 22.7 Å². The lowest BCUT2D eigenvalue weighted by molar-refractivity contribution is 0.0974. The van der Waals surface area contributed by atoms with Crippen molar-refractivity contribution in [3.05, 3.63) is 279 Å². The SMILES string of the molecule is CC(C)[C@@]12O[C@]13c1cc(O)c4c(c1N[C@H]2C#C/C=C\C#C[C@H]3O)C(=O)c1cc(CN)ccc1C4=O.CC(C)[C@@]12O[C@]13c1cc(O)c4c(c1N[C@H]2C#C/C=C\C#C[C@H]3O)C(=O)c1ccc(CN)cc1C4=O.CCc1ccc2c(c1)C(=O)c1c(O)cc3c(c1C2=O)N[C@H]1C#C/C=C\C#C[C@H](O)[C@@]32O[C@@]12C(C)C.CCc1cccc2c1C(=O)c1c(O)cc3c(c1C2=O)N[C@H]1C#C/C=C\C#C[C@H](O)[C@@]32O[C@@]12C(C)C. The lowest BCUT2D eigenvalue weighted by Gasteiger charge is -2.38. The van der Waals surface area contributed by atoms with Crippen LogP contribution in [0, 0.1) is 118 Å². The second-order valence-electron chi connectivity index (χ2n) is 38.2.